The van der Waals surface area contributed by atoms with Crippen LogP contribution in [0, 0.1) is 0 Å². The average molecular weight is 954 g/mol. The van der Waals surface area contributed by atoms with E-state index in [1.807, 2.05) is 44.2 Å². The van der Waals surface area contributed by atoms with E-state index in [2.05, 4.69) is 49.2 Å². The van der Waals surface area contributed by atoms with Crippen LogP contribution in [0.1, 0.15) is 31.9 Å². The van der Waals surface area contributed by atoms with Crippen LogP contribution in [0.4, 0.5) is 22.7 Å². The second-order valence-electron chi connectivity index (χ2n) is 15.9. The van der Waals surface area contributed by atoms with Crippen molar-refractivity contribution < 1.29 is 22.6 Å². The molecular weight excluding hydrogens is 904 g/mol. The van der Waals surface area contributed by atoms with E-state index in [0.717, 1.165) is 55.4 Å². The Labute approximate surface area is 392 Å². The smallest absolute Gasteiger partial charge is 0.350 e. The van der Waals surface area contributed by atoms with Crippen LogP contribution in [-0.2, 0) is 31.6 Å². The Morgan fingerprint density at radius 1 is 0.788 bits per heavy atom. The molecule has 344 valence electrons. The molecule has 66 heavy (non-hydrogen) atoms. The first kappa shape index (κ1) is 46.2. The Kier molecular flexibility index (Phi) is 14.0. The molecule has 0 aliphatic carbocycles. The molecular formula is C47H50Cl2N10O6S. The van der Waals surface area contributed by atoms with Crippen molar-refractivity contribution in [3.63, 3.8) is 0 Å². The number of sulfone groups is 1. The van der Waals surface area contributed by atoms with Gasteiger partial charge in [0.2, 0.25) is 15.6 Å². The lowest BCUT2D eigenvalue weighted by atomic mass is 10.1. The predicted molar refractivity (Wildman–Crippen MR) is 255 cm³/mol. The van der Waals surface area contributed by atoms with Gasteiger partial charge < -0.3 is 35.5 Å². The molecule has 4 heterocycles. The number of aromatic nitrogens is 6. The molecule has 2 aliphatic heterocycles. The fourth-order valence-electron chi connectivity index (χ4n) is 7.67. The summed E-state index contributed by atoms with van der Waals surface area (Å²) >= 11 is 12.7. The van der Waals surface area contributed by atoms with E-state index in [-0.39, 0.29) is 34.2 Å². The van der Waals surface area contributed by atoms with Gasteiger partial charge in [0.15, 0.2) is 0 Å². The molecule has 1 unspecified atom stereocenters. The van der Waals surface area contributed by atoms with E-state index in [4.69, 9.17) is 48.9 Å². The summed E-state index contributed by atoms with van der Waals surface area (Å²) in [7, 11) is -3.48. The largest absolute Gasteiger partial charge is 0.491 e. The minimum Gasteiger partial charge on any atom is -0.491 e. The van der Waals surface area contributed by atoms with Gasteiger partial charge >= 0.3 is 5.69 Å². The number of benzene rings is 5. The van der Waals surface area contributed by atoms with Crippen molar-refractivity contribution >= 4 is 55.8 Å². The zero-order valence-electron chi connectivity index (χ0n) is 36.4. The number of rotatable bonds is 13. The first-order valence-electron chi connectivity index (χ1n) is 21.4. The highest BCUT2D eigenvalue weighted by Gasteiger charge is 2.45. The van der Waals surface area contributed by atoms with Gasteiger partial charge in [-0.25, -0.2) is 32.1 Å². The molecule has 5 aromatic carbocycles. The van der Waals surface area contributed by atoms with Gasteiger partial charge in [0.25, 0.3) is 0 Å². The minimum atomic E-state index is -3.48. The van der Waals surface area contributed by atoms with Crippen molar-refractivity contribution in [3.8, 4) is 11.4 Å². The SMILES string of the molecule is CCC(C)n1ncn(-c2ccc(N3CCN(c4ccc(OC[C@H]5CO[C@](Cn6cncn6)(c6ccc(Cl)cc6Cl)O5)cc4)CC3)cc2)c1=O.Nc1ccc(S(=O)(=O)c2ccc(N)cc2)cc1. The average Bonchev–Trinajstić information content (AvgIpc) is 4.10. The van der Waals surface area contributed by atoms with E-state index in [9.17, 15) is 13.2 Å². The monoisotopic (exact) mass is 952 g/mol. The van der Waals surface area contributed by atoms with Crippen LogP contribution >= 0.6 is 23.2 Å². The number of anilines is 4. The molecule has 7 aromatic rings. The van der Waals surface area contributed by atoms with Crippen molar-refractivity contribution in [2.45, 2.75) is 54.5 Å². The molecule has 9 rings (SSSR count). The quantitative estimate of drug-likeness (QED) is 0.110. The van der Waals surface area contributed by atoms with Crippen LogP contribution < -0.4 is 31.7 Å². The number of nitrogens with zero attached hydrogens (tertiary/aromatic N) is 8. The summed E-state index contributed by atoms with van der Waals surface area (Å²) < 4.78 is 48.0. The third-order valence-electron chi connectivity index (χ3n) is 11.5. The maximum absolute atomic E-state index is 12.8. The molecule has 2 saturated heterocycles. The number of hydrogen-bond donors (Lipinski definition) is 2. The molecule has 4 N–H and O–H groups in total. The zero-order valence-corrected chi connectivity index (χ0v) is 38.7. The lowest BCUT2D eigenvalue weighted by Gasteiger charge is -2.37. The highest BCUT2D eigenvalue weighted by molar-refractivity contribution is 7.91. The molecule has 0 radical (unpaired) electrons. The van der Waals surface area contributed by atoms with Gasteiger partial charge in [-0.3, -0.25) is 0 Å². The van der Waals surface area contributed by atoms with Gasteiger partial charge in [0, 0.05) is 59.5 Å². The van der Waals surface area contributed by atoms with Crippen molar-refractivity contribution in [3.05, 3.63) is 160 Å². The third-order valence-corrected chi connectivity index (χ3v) is 13.9. The van der Waals surface area contributed by atoms with Crippen LogP contribution in [-0.4, -0.2) is 83.0 Å². The first-order valence-corrected chi connectivity index (χ1v) is 23.6. The second kappa shape index (κ2) is 20.0. The predicted octanol–water partition coefficient (Wildman–Crippen LogP) is 7.26. The van der Waals surface area contributed by atoms with Gasteiger partial charge in [-0.2, -0.15) is 10.2 Å². The molecule has 19 heteroatoms. The highest BCUT2D eigenvalue weighted by Crippen LogP contribution is 2.40. The summed E-state index contributed by atoms with van der Waals surface area (Å²) in [5.74, 6) is -0.410. The maximum Gasteiger partial charge on any atom is 0.350 e. The van der Waals surface area contributed by atoms with Gasteiger partial charge in [-0.1, -0.05) is 36.2 Å². The number of nitrogens with two attached hydrogens (primary N) is 2. The molecule has 0 amide bonds. The summed E-state index contributed by atoms with van der Waals surface area (Å²) in [6.45, 7) is 8.48. The molecule has 0 spiro atoms. The summed E-state index contributed by atoms with van der Waals surface area (Å²) in [5.41, 5.74) is 15.7. The van der Waals surface area contributed by atoms with Crippen LogP contribution in [0.3, 0.4) is 0 Å². The lowest BCUT2D eigenvalue weighted by Crippen LogP contribution is -2.46. The van der Waals surface area contributed by atoms with Gasteiger partial charge in [-0.15, -0.1) is 0 Å². The van der Waals surface area contributed by atoms with Crippen molar-refractivity contribution in [2.24, 2.45) is 0 Å². The number of piperazine rings is 1. The first-order chi connectivity index (χ1) is 31.8. The van der Waals surface area contributed by atoms with Crippen molar-refractivity contribution in [1.82, 2.24) is 29.1 Å². The topological polar surface area (TPSA) is 191 Å². The molecule has 16 nitrogen and oxygen atoms in total. The van der Waals surface area contributed by atoms with E-state index in [0.29, 0.717) is 40.2 Å². The zero-order chi connectivity index (χ0) is 46.4. The number of nitrogen functional groups attached to an aromatic ring is 2. The fourth-order valence-corrected chi connectivity index (χ4v) is 9.48. The highest BCUT2D eigenvalue weighted by atomic mass is 35.5. The van der Waals surface area contributed by atoms with E-state index in [1.165, 1.54) is 35.3 Å². The van der Waals surface area contributed by atoms with Crippen molar-refractivity contribution in [1.29, 1.82) is 0 Å². The third kappa shape index (κ3) is 10.3. The second-order valence-corrected chi connectivity index (χ2v) is 18.7. The van der Waals surface area contributed by atoms with Crippen LogP contribution in [0.2, 0.25) is 10.0 Å². The molecule has 2 aromatic heterocycles. The van der Waals surface area contributed by atoms with Gasteiger partial charge in [0.05, 0.1) is 33.1 Å². The molecule has 3 atom stereocenters. The Morgan fingerprint density at radius 2 is 1.36 bits per heavy atom. The van der Waals surface area contributed by atoms with Gasteiger partial charge in [0.1, 0.15) is 44.0 Å². The summed E-state index contributed by atoms with van der Waals surface area (Å²) in [6, 6.07) is 33.8. The summed E-state index contributed by atoms with van der Waals surface area (Å²) in [4.78, 5) is 22.0. The molecule has 0 bridgehead atoms. The normalized spacial score (nSPS) is 17.8. The maximum atomic E-state index is 12.8. The number of ether oxygens (including phenoxy) is 3. The van der Waals surface area contributed by atoms with Crippen LogP contribution in [0.5, 0.6) is 5.75 Å². The fraction of sp³-hybridized carbons (Fsp3) is 0.277. The Morgan fingerprint density at radius 3 is 1.91 bits per heavy atom. The van der Waals surface area contributed by atoms with E-state index < -0.39 is 15.6 Å². The minimum absolute atomic E-state index is 0.0645. The Balaban J connectivity index is 0.000000292. The summed E-state index contributed by atoms with van der Waals surface area (Å²) in [6.07, 6.45) is 5.19. The van der Waals surface area contributed by atoms with Gasteiger partial charge in [-0.05, 0) is 123 Å². The van der Waals surface area contributed by atoms with E-state index in [1.54, 1.807) is 58.3 Å². The van der Waals surface area contributed by atoms with Crippen LogP contribution in [0.15, 0.2) is 149 Å². The molecule has 2 aliphatic rings. The molecule has 2 fully saturated rings. The number of halogens is 2. The Bertz CT molecular complexity index is 2820. The lowest BCUT2D eigenvalue weighted by molar-refractivity contribution is -0.190. The van der Waals surface area contributed by atoms with Crippen molar-refractivity contribution in [2.75, 3.05) is 60.7 Å². The summed E-state index contributed by atoms with van der Waals surface area (Å²) in [5, 5.41) is 9.50. The standard InChI is InChI=1S/C35H38Cl2N8O4.C12H12N2O2S/c1-3-25(2)45-34(46)44(24-40-45)29-7-5-27(6-8-29)41-14-16-42(17-15-41)28-9-11-30(12-10-28)47-19-31-20-48-35(49-31,21-43-23-38-22-39-43)32-13-4-26(36)18-33(32)37;13-9-1-5-11(6-2-9)17(15,16)12-7-3-10(14)4-8-12/h4-13,18,22-25,31H,3,14-17,19-21H2,1-2H3;1-8H,13-14H2/t25?,31-,35-;/m0./s1. The number of hydrogen-bond acceptors (Lipinski definition) is 13. The molecule has 0 saturated carbocycles. The Hall–Kier alpha value is -6.37. The van der Waals surface area contributed by atoms with Crippen LogP contribution in [0.25, 0.3) is 5.69 Å². The van der Waals surface area contributed by atoms with E-state index >= 15 is 0 Å².